The normalized spacial score (nSPS) is 34.0. The summed E-state index contributed by atoms with van der Waals surface area (Å²) in [5.41, 5.74) is -2.39. The van der Waals surface area contributed by atoms with Crippen molar-refractivity contribution in [3.8, 4) is 5.88 Å². The van der Waals surface area contributed by atoms with Crippen LogP contribution in [0.25, 0.3) is 0 Å². The number of hydrogen-bond acceptors (Lipinski definition) is 5. The summed E-state index contributed by atoms with van der Waals surface area (Å²) in [6, 6.07) is 0. The Morgan fingerprint density at radius 1 is 1.24 bits per heavy atom. The van der Waals surface area contributed by atoms with E-state index in [-0.39, 0.29) is 30.4 Å². The van der Waals surface area contributed by atoms with Crippen molar-refractivity contribution in [2.75, 3.05) is 24.6 Å². The van der Waals surface area contributed by atoms with E-state index in [9.17, 15) is 18.4 Å². The van der Waals surface area contributed by atoms with Gasteiger partial charge in [-0.15, -0.1) is 0 Å². The average Bonchev–Trinajstić information content (AvgIpc) is 2.58. The van der Waals surface area contributed by atoms with E-state index in [2.05, 4.69) is 15.3 Å². The molecular formula is C20H26F2N4O3. The lowest BCUT2D eigenvalue weighted by Crippen LogP contribution is -2.60. The third kappa shape index (κ3) is 3.48. The molecule has 1 saturated heterocycles. The van der Waals surface area contributed by atoms with Crippen LogP contribution in [-0.4, -0.2) is 46.8 Å². The monoisotopic (exact) mass is 408 g/mol. The molecule has 29 heavy (non-hydrogen) atoms. The molecule has 5 fully saturated rings. The fourth-order valence-corrected chi connectivity index (χ4v) is 6.38. The lowest BCUT2D eigenvalue weighted by molar-refractivity contribution is -0.129. The first kappa shape index (κ1) is 18.8. The van der Waals surface area contributed by atoms with Gasteiger partial charge in [0.05, 0.1) is 13.1 Å². The number of ether oxygens (including phenoxy) is 1. The van der Waals surface area contributed by atoms with Crippen LogP contribution in [0.4, 0.5) is 14.6 Å². The summed E-state index contributed by atoms with van der Waals surface area (Å²) in [4.78, 5) is 31.5. The topological polar surface area (TPSA) is 87.3 Å². The largest absolute Gasteiger partial charge is 0.465 e. The molecule has 0 atom stereocenters. The summed E-state index contributed by atoms with van der Waals surface area (Å²) >= 11 is 0. The number of carbonyl (C=O) groups excluding carboxylic acids is 1. The molecule has 0 radical (unpaired) electrons. The molecule has 1 amide bonds. The molecule has 0 spiro atoms. The van der Waals surface area contributed by atoms with Crippen LogP contribution in [0, 0.1) is 23.6 Å². The maximum Gasteiger partial charge on any atom is 0.349 e. The Bertz CT molecular complexity index is 857. The number of aromatic nitrogens is 2. The number of alkyl halides is 1. The van der Waals surface area contributed by atoms with Gasteiger partial charge in [-0.05, 0) is 63.2 Å². The van der Waals surface area contributed by atoms with Crippen molar-refractivity contribution in [1.82, 2.24) is 15.3 Å². The van der Waals surface area contributed by atoms with E-state index < -0.39 is 29.7 Å². The molecule has 9 heteroatoms. The van der Waals surface area contributed by atoms with E-state index in [1.54, 1.807) is 0 Å². The quantitative estimate of drug-likeness (QED) is 0.777. The molecule has 1 aliphatic heterocycles. The molecule has 4 saturated carbocycles. The molecule has 7 nitrogen and oxygen atoms in total. The SMILES string of the molecule is CC1(F)CN(c2[nH]c(=O)nc(OCC(=O)NC34CC5CC(CC(C5)C3)C4)c2F)C1. The zero-order valence-electron chi connectivity index (χ0n) is 16.5. The summed E-state index contributed by atoms with van der Waals surface area (Å²) in [5.74, 6) is 0.171. The lowest BCUT2D eigenvalue weighted by atomic mass is 9.53. The summed E-state index contributed by atoms with van der Waals surface area (Å²) in [7, 11) is 0. The first-order chi connectivity index (χ1) is 13.7. The molecule has 1 aromatic heterocycles. The highest BCUT2D eigenvalue weighted by molar-refractivity contribution is 5.78. The van der Waals surface area contributed by atoms with Crippen molar-refractivity contribution in [3.63, 3.8) is 0 Å². The van der Waals surface area contributed by atoms with E-state index in [1.165, 1.54) is 31.1 Å². The van der Waals surface area contributed by atoms with Gasteiger partial charge in [0.15, 0.2) is 12.4 Å². The summed E-state index contributed by atoms with van der Waals surface area (Å²) < 4.78 is 33.7. The highest BCUT2D eigenvalue weighted by atomic mass is 19.1. The van der Waals surface area contributed by atoms with Crippen LogP contribution in [-0.2, 0) is 4.79 Å². The maximum absolute atomic E-state index is 14.7. The third-order valence-corrected chi connectivity index (χ3v) is 6.96. The molecule has 5 aliphatic rings. The van der Waals surface area contributed by atoms with Gasteiger partial charge in [-0.2, -0.15) is 9.37 Å². The van der Waals surface area contributed by atoms with E-state index in [4.69, 9.17) is 4.74 Å². The molecule has 2 N–H and O–H groups in total. The van der Waals surface area contributed by atoms with Gasteiger partial charge in [0.25, 0.3) is 11.8 Å². The molecule has 1 aromatic rings. The fraction of sp³-hybridized carbons (Fsp3) is 0.750. The molecule has 158 valence electrons. The Morgan fingerprint density at radius 3 is 2.38 bits per heavy atom. The van der Waals surface area contributed by atoms with Crippen molar-refractivity contribution >= 4 is 11.7 Å². The Kier molecular flexibility index (Phi) is 4.15. The van der Waals surface area contributed by atoms with E-state index in [0.29, 0.717) is 17.8 Å². The number of carbonyl (C=O) groups is 1. The number of halogens is 2. The maximum atomic E-state index is 14.7. The number of nitrogens with one attached hydrogen (secondary N) is 2. The van der Waals surface area contributed by atoms with Crippen LogP contribution in [0.1, 0.15) is 45.4 Å². The number of amides is 1. The van der Waals surface area contributed by atoms with Crippen molar-refractivity contribution in [3.05, 3.63) is 16.3 Å². The summed E-state index contributed by atoms with van der Waals surface area (Å²) in [6.45, 7) is 0.938. The molecule has 2 heterocycles. The number of aromatic amines is 1. The number of hydrogen-bond donors (Lipinski definition) is 2. The van der Waals surface area contributed by atoms with Crippen LogP contribution in [0.5, 0.6) is 5.88 Å². The van der Waals surface area contributed by atoms with Gasteiger partial charge >= 0.3 is 5.69 Å². The second-order valence-electron chi connectivity index (χ2n) is 9.81. The molecule has 4 aliphatic carbocycles. The average molecular weight is 408 g/mol. The second-order valence-corrected chi connectivity index (χ2v) is 9.81. The van der Waals surface area contributed by atoms with Crippen LogP contribution in [0.2, 0.25) is 0 Å². The number of rotatable bonds is 5. The minimum absolute atomic E-state index is 0.0319. The van der Waals surface area contributed by atoms with Crippen LogP contribution in [0.3, 0.4) is 0 Å². The van der Waals surface area contributed by atoms with Crippen LogP contribution >= 0.6 is 0 Å². The zero-order chi connectivity index (χ0) is 20.4. The number of anilines is 1. The summed E-state index contributed by atoms with van der Waals surface area (Å²) in [6.07, 6.45) is 6.82. The highest BCUT2D eigenvalue weighted by Crippen LogP contribution is 2.55. The third-order valence-electron chi connectivity index (χ3n) is 6.96. The Balaban J connectivity index is 1.24. The first-order valence-corrected chi connectivity index (χ1v) is 10.4. The minimum atomic E-state index is -1.43. The van der Waals surface area contributed by atoms with E-state index >= 15 is 0 Å². The molecule has 0 unspecified atom stereocenters. The molecule has 4 bridgehead atoms. The van der Waals surface area contributed by atoms with E-state index in [1.807, 2.05) is 0 Å². The van der Waals surface area contributed by atoms with Gasteiger partial charge < -0.3 is 15.0 Å². The molecule has 0 aromatic carbocycles. The highest BCUT2D eigenvalue weighted by Gasteiger charge is 2.51. The van der Waals surface area contributed by atoms with Crippen molar-refractivity contribution in [2.24, 2.45) is 17.8 Å². The number of H-pyrrole nitrogens is 1. The second kappa shape index (κ2) is 6.40. The summed E-state index contributed by atoms with van der Waals surface area (Å²) in [5, 5.41) is 3.14. The Hall–Kier alpha value is -2.19. The van der Waals surface area contributed by atoms with Gasteiger partial charge in [0.2, 0.25) is 5.82 Å². The fourth-order valence-electron chi connectivity index (χ4n) is 6.38. The van der Waals surface area contributed by atoms with Gasteiger partial charge in [-0.25, -0.2) is 9.18 Å². The molecule has 6 rings (SSSR count). The minimum Gasteiger partial charge on any atom is -0.465 e. The van der Waals surface area contributed by atoms with Crippen molar-refractivity contribution in [2.45, 2.75) is 56.7 Å². The lowest BCUT2D eigenvalue weighted by Gasteiger charge is -2.56. The molecular weight excluding hydrogens is 382 g/mol. The first-order valence-electron chi connectivity index (χ1n) is 10.4. The standard InChI is InChI=1S/C20H26F2N4O3/c1-19(22)9-26(10-19)16-15(21)17(24-18(28)23-16)29-8-14(27)25-20-5-11-2-12(6-20)4-13(3-11)7-20/h11-13H,2-10H2,1H3,(H,25,27)(H,23,24,28). The predicted molar refractivity (Wildman–Crippen MR) is 101 cm³/mol. The smallest absolute Gasteiger partial charge is 0.349 e. The van der Waals surface area contributed by atoms with Crippen molar-refractivity contribution < 1.29 is 18.3 Å². The van der Waals surface area contributed by atoms with E-state index in [0.717, 1.165) is 19.3 Å². The Labute approximate surface area is 167 Å². The van der Waals surface area contributed by atoms with Gasteiger partial charge in [0, 0.05) is 5.54 Å². The van der Waals surface area contributed by atoms with Crippen molar-refractivity contribution in [1.29, 1.82) is 0 Å². The van der Waals surface area contributed by atoms with Gasteiger partial charge in [0.1, 0.15) is 5.67 Å². The zero-order valence-corrected chi connectivity index (χ0v) is 16.5. The predicted octanol–water partition coefficient (Wildman–Crippen LogP) is 1.92. The Morgan fingerprint density at radius 2 is 1.83 bits per heavy atom. The van der Waals surface area contributed by atoms with Gasteiger partial charge in [-0.3, -0.25) is 9.78 Å². The van der Waals surface area contributed by atoms with Gasteiger partial charge in [-0.1, -0.05) is 0 Å². The van der Waals surface area contributed by atoms with Crippen LogP contribution < -0.4 is 20.6 Å². The van der Waals surface area contributed by atoms with Crippen LogP contribution in [0.15, 0.2) is 4.79 Å². The number of nitrogens with zero attached hydrogens (tertiary/aromatic N) is 2.